The Morgan fingerprint density at radius 3 is 0.865 bits per heavy atom. The number of rotatable bonds is 15. The lowest BCUT2D eigenvalue weighted by atomic mass is 10.2. The van der Waals surface area contributed by atoms with E-state index in [4.69, 9.17) is 16.5 Å². The zero-order chi connectivity index (χ0) is 40.2. The lowest BCUT2D eigenvalue weighted by Gasteiger charge is -2.35. The summed E-state index contributed by atoms with van der Waals surface area (Å²) in [5.41, 5.74) is 2.04. The molecule has 2 rings (SSSR count). The molecule has 0 unspecified atom stereocenters. The average molecular weight is 842 g/mol. The molecule has 0 aromatic heterocycles. The Bertz CT molecular complexity index is 1430. The second-order valence-electron chi connectivity index (χ2n) is 20.0. The molecule has 0 aliphatic carbocycles. The molecule has 0 fully saturated rings. The average Bonchev–Trinajstić information content (AvgIpc) is 2.98. The molecule has 52 heavy (non-hydrogen) atoms. The molecule has 6 nitrogen and oxygen atoms in total. The monoisotopic (exact) mass is 840 g/mol. The second-order valence-corrected chi connectivity index (χ2v) is 44.3. The van der Waals surface area contributed by atoms with Crippen molar-refractivity contribution in [2.24, 2.45) is 10.2 Å². The van der Waals surface area contributed by atoms with Crippen LogP contribution in [0.5, 0.6) is 0 Å². The van der Waals surface area contributed by atoms with Gasteiger partial charge in [0.15, 0.2) is 0 Å². The molecule has 286 valence electrons. The Kier molecular flexibility index (Phi) is 16.1. The van der Waals surface area contributed by atoms with Crippen molar-refractivity contribution in [3.63, 3.8) is 0 Å². The summed E-state index contributed by atoms with van der Waals surface area (Å²) in [5.74, 6) is 0. The number of hydrogen-bond donors (Lipinski definition) is 0. The molecule has 2 aromatic carbocycles. The summed E-state index contributed by atoms with van der Waals surface area (Å²) >= 11 is 0. The first-order valence-corrected chi connectivity index (χ1v) is 33.7. The van der Waals surface area contributed by atoms with Crippen LogP contribution in [0.2, 0.25) is 72.5 Å². The van der Waals surface area contributed by atoms with E-state index in [1.165, 1.54) is 20.7 Å². The second kappa shape index (κ2) is 17.7. The van der Waals surface area contributed by atoms with Gasteiger partial charge in [0.25, 0.3) is 0 Å². The van der Waals surface area contributed by atoms with Crippen molar-refractivity contribution in [2.75, 3.05) is 0 Å². The predicted molar refractivity (Wildman–Crippen MR) is 243 cm³/mol. The smallest absolute Gasteiger partial charge is 0.221 e. The first-order valence-electron chi connectivity index (χ1n) is 18.4. The van der Waals surface area contributed by atoms with Crippen LogP contribution < -0.4 is 20.7 Å². The van der Waals surface area contributed by atoms with Gasteiger partial charge >= 0.3 is 0 Å². The van der Waals surface area contributed by atoms with Crippen LogP contribution in [0.15, 0.2) is 46.6 Å². The summed E-state index contributed by atoms with van der Waals surface area (Å²) in [6.45, 7) is 45.5. The van der Waals surface area contributed by atoms with Crippen molar-refractivity contribution >= 4 is 105 Å². The molecular formula is C38H68N2O4Si8. The van der Waals surface area contributed by atoms with Gasteiger partial charge in [-0.25, -0.2) is 0 Å². The van der Waals surface area contributed by atoms with Gasteiger partial charge in [-0.2, -0.15) is 10.2 Å². The van der Waals surface area contributed by atoms with E-state index in [0.717, 1.165) is 11.1 Å². The topological polar surface area (TPSA) is 61.6 Å². The van der Waals surface area contributed by atoms with E-state index < -0.39 is 33.3 Å². The molecule has 0 N–H and O–H groups in total. The lowest BCUT2D eigenvalue weighted by molar-refractivity contribution is 0.547. The van der Waals surface area contributed by atoms with E-state index in [1.807, 2.05) is 12.4 Å². The van der Waals surface area contributed by atoms with Gasteiger partial charge in [0, 0.05) is 0 Å². The molecule has 0 bridgehead atoms. The van der Waals surface area contributed by atoms with E-state index in [9.17, 15) is 0 Å². The predicted octanol–water partition coefficient (Wildman–Crippen LogP) is 8.20. The molecule has 0 aliphatic heterocycles. The van der Waals surface area contributed by atoms with Crippen LogP contribution >= 0.6 is 0 Å². The molecule has 0 saturated carbocycles. The van der Waals surface area contributed by atoms with Gasteiger partial charge in [-0.05, 0) is 104 Å². The minimum atomic E-state index is -2.27. The van der Waals surface area contributed by atoms with Gasteiger partial charge in [0.1, 0.15) is 0 Å². The molecule has 14 heteroatoms. The van der Waals surface area contributed by atoms with Gasteiger partial charge in [-0.3, -0.25) is 0 Å². The highest BCUT2D eigenvalue weighted by Gasteiger charge is 2.39. The molecule has 0 amide bonds. The maximum absolute atomic E-state index is 6.79. The molecule has 8 radical (unpaired) electrons. The zero-order valence-corrected chi connectivity index (χ0v) is 44.1. The largest absolute Gasteiger partial charge is 0.452 e. The summed E-state index contributed by atoms with van der Waals surface area (Å²) in [6.07, 6.45) is 3.73. The van der Waals surface area contributed by atoms with Crippen LogP contribution in [-0.4, -0.2) is 84.8 Å². The van der Waals surface area contributed by atoms with Crippen LogP contribution in [0.4, 0.5) is 0 Å². The van der Waals surface area contributed by atoms with Gasteiger partial charge in [0.05, 0.1) is 12.4 Å². The third-order valence-electron chi connectivity index (χ3n) is 7.61. The van der Waals surface area contributed by atoms with E-state index in [0.29, 0.717) is 39.1 Å². The molecule has 0 heterocycles. The summed E-state index contributed by atoms with van der Waals surface area (Å²) in [4.78, 5) is 0. The van der Waals surface area contributed by atoms with Gasteiger partial charge in [-0.1, -0.05) is 119 Å². The summed E-state index contributed by atoms with van der Waals surface area (Å²) in [5, 5.41) is 14.9. The molecular weight excluding hydrogens is 773 g/mol. The maximum Gasteiger partial charge on any atom is 0.221 e. The molecule has 0 atom stereocenters. The Balaban J connectivity index is 2.53. The lowest BCUT2D eigenvalue weighted by Crippen LogP contribution is -2.62. The number of hydrogen-bond acceptors (Lipinski definition) is 6. The Labute approximate surface area is 333 Å². The van der Waals surface area contributed by atoms with Crippen molar-refractivity contribution in [1.82, 2.24) is 0 Å². The van der Waals surface area contributed by atoms with E-state index in [1.54, 1.807) is 0 Å². The Morgan fingerprint density at radius 2 is 0.635 bits per heavy atom. The summed E-state index contributed by atoms with van der Waals surface area (Å²) in [7, 11) is -7.24. The van der Waals surface area contributed by atoms with Crippen molar-refractivity contribution < 1.29 is 16.5 Å². The van der Waals surface area contributed by atoms with Crippen LogP contribution in [0.25, 0.3) is 0 Å². The van der Waals surface area contributed by atoms with E-state index >= 15 is 0 Å². The van der Waals surface area contributed by atoms with Crippen molar-refractivity contribution in [1.29, 1.82) is 0 Å². The summed E-state index contributed by atoms with van der Waals surface area (Å²) < 4.78 is 27.1. The highest BCUT2D eigenvalue weighted by atomic mass is 28.4. The molecule has 2 aromatic rings. The fourth-order valence-electron chi connectivity index (χ4n) is 4.87. The van der Waals surface area contributed by atoms with Crippen molar-refractivity contribution in [2.45, 2.75) is 156 Å². The Morgan fingerprint density at radius 1 is 0.404 bits per heavy atom. The fourth-order valence-corrected chi connectivity index (χ4v) is 24.1. The standard InChI is InChI=1S/C38H68N2O4Si8/c1-35(2,3)45-41-49(13,14)31-23-21-29(25-33(31)51(17,18)43-47-37(7,8)9)27-39-40-28-30-22-24-32(50(15,16)42-46-36(4,5)6)34(26-30)52(19,20)44-48-38(10,11)12/h21-28H,1-20H3. The highest BCUT2D eigenvalue weighted by molar-refractivity contribution is 6.97. The number of benzene rings is 2. The fraction of sp³-hybridized carbons (Fsp3) is 0.632. The SMILES string of the molecule is CC(C)(C)[Si]O[Si](C)(C)c1ccc(C=NN=Cc2ccc([Si](C)(C)O[Si]C(C)(C)C)c([Si](C)(C)O[Si]C(C)(C)C)c2)cc1[Si](C)(C)O[Si]C(C)(C)C. The minimum absolute atomic E-state index is 0.113. The van der Waals surface area contributed by atoms with Crippen LogP contribution in [0, 0.1) is 0 Å². The first-order chi connectivity index (χ1) is 23.2. The van der Waals surface area contributed by atoms with Crippen molar-refractivity contribution in [3.8, 4) is 0 Å². The quantitative estimate of drug-likeness (QED) is 0.103. The van der Waals surface area contributed by atoms with Crippen LogP contribution in [-0.2, 0) is 16.5 Å². The van der Waals surface area contributed by atoms with E-state index in [2.05, 4.69) is 182 Å². The molecule has 0 saturated heterocycles. The molecule has 0 aliphatic rings. The van der Waals surface area contributed by atoms with Gasteiger partial charge in [-0.15, -0.1) is 0 Å². The minimum Gasteiger partial charge on any atom is -0.452 e. The summed E-state index contributed by atoms with van der Waals surface area (Å²) in [6, 6.07) is 13.4. The highest BCUT2D eigenvalue weighted by Crippen LogP contribution is 2.26. The van der Waals surface area contributed by atoms with Gasteiger partial charge < -0.3 is 16.5 Å². The van der Waals surface area contributed by atoms with Crippen molar-refractivity contribution in [3.05, 3.63) is 47.5 Å². The Hall–Kier alpha value is -0.645. The van der Waals surface area contributed by atoms with Crippen LogP contribution in [0.3, 0.4) is 0 Å². The third-order valence-corrected chi connectivity index (χ3v) is 27.2. The number of nitrogens with zero attached hydrogens (tertiary/aromatic N) is 2. The van der Waals surface area contributed by atoms with E-state index in [-0.39, 0.29) is 20.2 Å². The maximum atomic E-state index is 6.79. The first kappa shape index (κ1) is 47.5. The van der Waals surface area contributed by atoms with Crippen LogP contribution in [0.1, 0.15) is 94.2 Å². The molecule has 0 spiro atoms. The zero-order valence-electron chi connectivity index (χ0n) is 36.1. The third kappa shape index (κ3) is 16.2. The van der Waals surface area contributed by atoms with Gasteiger partial charge in [0.2, 0.25) is 72.3 Å². The normalized spacial score (nSPS) is 14.6.